The SMILES string of the molecule is O=C(Cc1nc(C2CC2)cs1)Nc1ccccc1. The summed E-state index contributed by atoms with van der Waals surface area (Å²) in [5, 5.41) is 5.87. The molecule has 0 bridgehead atoms. The Morgan fingerprint density at radius 3 is 2.83 bits per heavy atom. The molecule has 1 aliphatic rings. The van der Waals surface area contributed by atoms with Crippen LogP contribution >= 0.6 is 11.3 Å². The van der Waals surface area contributed by atoms with Crippen molar-refractivity contribution in [3.05, 3.63) is 46.4 Å². The van der Waals surface area contributed by atoms with Crippen LogP contribution in [0.15, 0.2) is 35.7 Å². The van der Waals surface area contributed by atoms with Crippen molar-refractivity contribution >= 4 is 22.9 Å². The fraction of sp³-hybridized carbons (Fsp3) is 0.286. The molecular weight excluding hydrogens is 244 g/mol. The van der Waals surface area contributed by atoms with E-state index in [-0.39, 0.29) is 5.91 Å². The standard InChI is InChI=1S/C14H14N2OS/c17-13(15-11-4-2-1-3-5-11)8-14-16-12(9-18-14)10-6-7-10/h1-5,9-10H,6-8H2,(H,15,17). The number of hydrogen-bond donors (Lipinski definition) is 1. The molecule has 1 amide bonds. The number of carbonyl (C=O) groups is 1. The van der Waals surface area contributed by atoms with E-state index >= 15 is 0 Å². The van der Waals surface area contributed by atoms with Crippen molar-refractivity contribution in [2.45, 2.75) is 25.2 Å². The second kappa shape index (κ2) is 4.90. The normalized spacial score (nSPS) is 14.4. The van der Waals surface area contributed by atoms with E-state index in [0.29, 0.717) is 12.3 Å². The van der Waals surface area contributed by atoms with Gasteiger partial charge in [-0.05, 0) is 25.0 Å². The molecule has 0 saturated heterocycles. The average Bonchev–Trinajstić information content (AvgIpc) is 3.12. The van der Waals surface area contributed by atoms with Gasteiger partial charge in [0.2, 0.25) is 5.91 Å². The third kappa shape index (κ3) is 2.76. The highest BCUT2D eigenvalue weighted by Crippen LogP contribution is 2.40. The van der Waals surface area contributed by atoms with E-state index in [1.807, 2.05) is 30.3 Å². The highest BCUT2D eigenvalue weighted by atomic mass is 32.1. The lowest BCUT2D eigenvalue weighted by Gasteiger charge is -2.02. The molecule has 1 aliphatic carbocycles. The topological polar surface area (TPSA) is 42.0 Å². The summed E-state index contributed by atoms with van der Waals surface area (Å²) in [7, 11) is 0. The van der Waals surface area contributed by atoms with Gasteiger partial charge in [-0.2, -0.15) is 0 Å². The summed E-state index contributed by atoms with van der Waals surface area (Å²) in [6, 6.07) is 9.51. The first kappa shape index (κ1) is 11.4. The molecule has 1 fully saturated rings. The minimum Gasteiger partial charge on any atom is -0.326 e. The Bertz CT molecular complexity index is 546. The molecule has 18 heavy (non-hydrogen) atoms. The predicted molar refractivity (Wildman–Crippen MR) is 72.9 cm³/mol. The highest BCUT2D eigenvalue weighted by Gasteiger charge is 2.26. The van der Waals surface area contributed by atoms with Crippen molar-refractivity contribution < 1.29 is 4.79 Å². The molecule has 0 radical (unpaired) electrons. The summed E-state index contributed by atoms with van der Waals surface area (Å²) >= 11 is 1.58. The molecule has 0 spiro atoms. The quantitative estimate of drug-likeness (QED) is 0.915. The van der Waals surface area contributed by atoms with E-state index in [0.717, 1.165) is 10.7 Å². The maximum absolute atomic E-state index is 11.8. The van der Waals surface area contributed by atoms with Crippen molar-refractivity contribution in [1.29, 1.82) is 0 Å². The summed E-state index contributed by atoms with van der Waals surface area (Å²) in [4.78, 5) is 16.3. The molecule has 4 heteroatoms. The van der Waals surface area contributed by atoms with E-state index in [2.05, 4.69) is 15.7 Å². The predicted octanol–water partition coefficient (Wildman–Crippen LogP) is 3.20. The highest BCUT2D eigenvalue weighted by molar-refractivity contribution is 7.09. The summed E-state index contributed by atoms with van der Waals surface area (Å²) in [6.07, 6.45) is 2.87. The molecule has 92 valence electrons. The minimum atomic E-state index is -0.00195. The Labute approximate surface area is 110 Å². The minimum absolute atomic E-state index is 0.00195. The Balaban J connectivity index is 1.59. The lowest BCUT2D eigenvalue weighted by atomic mass is 10.3. The second-order valence-corrected chi connectivity index (χ2v) is 5.47. The maximum Gasteiger partial charge on any atom is 0.231 e. The Morgan fingerprint density at radius 1 is 1.33 bits per heavy atom. The van der Waals surface area contributed by atoms with Crippen LogP contribution in [0.1, 0.15) is 29.5 Å². The van der Waals surface area contributed by atoms with Gasteiger partial charge in [0.15, 0.2) is 0 Å². The molecular formula is C14H14N2OS. The number of amides is 1. The number of benzene rings is 1. The van der Waals surface area contributed by atoms with Crippen LogP contribution in [0, 0.1) is 0 Å². The van der Waals surface area contributed by atoms with E-state index in [1.54, 1.807) is 11.3 Å². The van der Waals surface area contributed by atoms with E-state index in [9.17, 15) is 4.79 Å². The van der Waals surface area contributed by atoms with Gasteiger partial charge in [-0.25, -0.2) is 4.98 Å². The van der Waals surface area contributed by atoms with Crippen LogP contribution < -0.4 is 5.32 Å². The van der Waals surface area contributed by atoms with Crippen molar-refractivity contribution in [3.8, 4) is 0 Å². The lowest BCUT2D eigenvalue weighted by molar-refractivity contribution is -0.115. The van der Waals surface area contributed by atoms with Crippen LogP contribution in [-0.4, -0.2) is 10.9 Å². The van der Waals surface area contributed by atoms with Gasteiger partial charge in [-0.3, -0.25) is 4.79 Å². The largest absolute Gasteiger partial charge is 0.326 e. The van der Waals surface area contributed by atoms with Crippen LogP contribution in [0.2, 0.25) is 0 Å². The number of nitrogens with one attached hydrogen (secondary N) is 1. The molecule has 3 rings (SSSR count). The molecule has 0 unspecified atom stereocenters. The molecule has 0 atom stereocenters. The zero-order valence-electron chi connectivity index (χ0n) is 9.93. The van der Waals surface area contributed by atoms with Gasteiger partial charge in [0.1, 0.15) is 5.01 Å². The van der Waals surface area contributed by atoms with Gasteiger partial charge >= 0.3 is 0 Å². The van der Waals surface area contributed by atoms with Gasteiger partial charge < -0.3 is 5.32 Å². The number of nitrogens with zero attached hydrogens (tertiary/aromatic N) is 1. The summed E-state index contributed by atoms with van der Waals surface area (Å²) in [5.74, 6) is 0.657. The number of anilines is 1. The van der Waals surface area contributed by atoms with Gasteiger partial charge in [-0.15, -0.1) is 11.3 Å². The Kier molecular flexibility index (Phi) is 3.11. The third-order valence-electron chi connectivity index (χ3n) is 2.93. The van der Waals surface area contributed by atoms with Crippen molar-refractivity contribution in [3.63, 3.8) is 0 Å². The molecule has 1 N–H and O–H groups in total. The van der Waals surface area contributed by atoms with E-state index in [1.165, 1.54) is 18.5 Å². The van der Waals surface area contributed by atoms with Crippen molar-refractivity contribution in [2.75, 3.05) is 5.32 Å². The molecule has 1 aromatic heterocycles. The number of carbonyl (C=O) groups excluding carboxylic acids is 1. The van der Waals surface area contributed by atoms with Gasteiger partial charge in [0, 0.05) is 17.0 Å². The lowest BCUT2D eigenvalue weighted by Crippen LogP contribution is -2.14. The molecule has 0 aliphatic heterocycles. The Hall–Kier alpha value is -1.68. The molecule has 2 aromatic rings. The fourth-order valence-electron chi connectivity index (χ4n) is 1.84. The first-order valence-corrected chi connectivity index (χ1v) is 6.98. The van der Waals surface area contributed by atoms with Crippen LogP contribution in [0.25, 0.3) is 0 Å². The van der Waals surface area contributed by atoms with Crippen molar-refractivity contribution in [1.82, 2.24) is 4.98 Å². The third-order valence-corrected chi connectivity index (χ3v) is 3.80. The smallest absolute Gasteiger partial charge is 0.231 e. The number of rotatable bonds is 4. The monoisotopic (exact) mass is 258 g/mol. The van der Waals surface area contributed by atoms with Crippen LogP contribution in [0.3, 0.4) is 0 Å². The number of thiazole rings is 1. The first-order chi connectivity index (χ1) is 8.81. The summed E-state index contributed by atoms with van der Waals surface area (Å²) in [5.41, 5.74) is 2.00. The maximum atomic E-state index is 11.8. The zero-order valence-corrected chi connectivity index (χ0v) is 10.7. The van der Waals surface area contributed by atoms with Crippen LogP contribution in [0.4, 0.5) is 5.69 Å². The zero-order chi connectivity index (χ0) is 12.4. The Morgan fingerprint density at radius 2 is 2.11 bits per heavy atom. The van der Waals surface area contributed by atoms with Crippen LogP contribution in [-0.2, 0) is 11.2 Å². The van der Waals surface area contributed by atoms with Gasteiger partial charge in [0.25, 0.3) is 0 Å². The van der Waals surface area contributed by atoms with Crippen molar-refractivity contribution in [2.24, 2.45) is 0 Å². The summed E-state index contributed by atoms with van der Waals surface area (Å²) < 4.78 is 0. The van der Waals surface area contributed by atoms with Gasteiger partial charge in [-0.1, -0.05) is 18.2 Å². The second-order valence-electron chi connectivity index (χ2n) is 4.53. The molecule has 1 aromatic carbocycles. The molecule has 3 nitrogen and oxygen atoms in total. The van der Waals surface area contributed by atoms with E-state index in [4.69, 9.17) is 0 Å². The van der Waals surface area contributed by atoms with E-state index < -0.39 is 0 Å². The molecule has 1 heterocycles. The number of hydrogen-bond acceptors (Lipinski definition) is 3. The first-order valence-electron chi connectivity index (χ1n) is 6.10. The average molecular weight is 258 g/mol. The number of para-hydroxylation sites is 1. The summed E-state index contributed by atoms with van der Waals surface area (Å²) in [6.45, 7) is 0. The molecule has 1 saturated carbocycles. The van der Waals surface area contributed by atoms with Crippen LogP contribution in [0.5, 0.6) is 0 Å². The number of aromatic nitrogens is 1. The van der Waals surface area contributed by atoms with Gasteiger partial charge in [0.05, 0.1) is 12.1 Å². The fourth-order valence-corrected chi connectivity index (χ4v) is 2.71.